The molecule has 2 aromatic carbocycles. The van der Waals surface area contributed by atoms with Gasteiger partial charge in [0.05, 0.1) is 11.6 Å². The summed E-state index contributed by atoms with van der Waals surface area (Å²) in [6.07, 6.45) is 10.5. The largest absolute Gasteiger partial charge is 0.303 e. The zero-order chi connectivity index (χ0) is 22.2. The minimum Gasteiger partial charge on any atom is -0.303 e. The van der Waals surface area contributed by atoms with E-state index in [1.165, 1.54) is 40.2 Å². The lowest BCUT2D eigenvalue weighted by atomic mass is 9.87. The van der Waals surface area contributed by atoms with Gasteiger partial charge in [0.15, 0.2) is 0 Å². The van der Waals surface area contributed by atoms with E-state index in [-0.39, 0.29) is 0 Å². The molecule has 0 saturated heterocycles. The number of benzene rings is 2. The molecular formula is C28H33N3S. The molecule has 2 aromatic rings. The van der Waals surface area contributed by atoms with Crippen molar-refractivity contribution in [1.29, 1.82) is 5.26 Å². The molecule has 2 heterocycles. The Morgan fingerprint density at radius 1 is 1.12 bits per heavy atom. The van der Waals surface area contributed by atoms with E-state index in [1.807, 2.05) is 17.8 Å². The van der Waals surface area contributed by atoms with Gasteiger partial charge in [-0.25, -0.2) is 0 Å². The van der Waals surface area contributed by atoms with Crippen molar-refractivity contribution < 1.29 is 0 Å². The van der Waals surface area contributed by atoms with Crippen LogP contribution in [0.1, 0.15) is 61.1 Å². The molecule has 1 atom stereocenters. The summed E-state index contributed by atoms with van der Waals surface area (Å²) in [5.41, 5.74) is 5.16. The summed E-state index contributed by atoms with van der Waals surface area (Å²) in [4.78, 5) is 9.32. The monoisotopic (exact) mass is 443 g/mol. The number of hydrogen-bond acceptors (Lipinski definition) is 4. The van der Waals surface area contributed by atoms with Crippen LogP contribution in [0.2, 0.25) is 0 Å². The first-order chi connectivity index (χ1) is 15.8. The summed E-state index contributed by atoms with van der Waals surface area (Å²) >= 11 is 1.87. The molecule has 2 aliphatic rings. The van der Waals surface area contributed by atoms with Gasteiger partial charge >= 0.3 is 0 Å². The van der Waals surface area contributed by atoms with Crippen molar-refractivity contribution in [2.75, 3.05) is 26.2 Å². The number of hydrogen-bond donors (Lipinski definition) is 0. The molecule has 1 unspecified atom stereocenters. The number of rotatable bonds is 7. The number of aryl methyl sites for hydroxylation is 1. The summed E-state index contributed by atoms with van der Waals surface area (Å²) in [6.45, 7) is 7.94. The first-order valence-corrected chi connectivity index (χ1v) is 12.7. The molecule has 2 aliphatic heterocycles. The molecule has 0 radical (unpaired) electrons. The minimum atomic E-state index is 0.512. The molecule has 0 fully saturated rings. The van der Waals surface area contributed by atoms with Gasteiger partial charge in [0.25, 0.3) is 0 Å². The molecule has 32 heavy (non-hydrogen) atoms. The van der Waals surface area contributed by atoms with E-state index in [9.17, 15) is 5.26 Å². The van der Waals surface area contributed by atoms with Crippen LogP contribution in [0.3, 0.4) is 0 Å². The Labute approximate surface area is 197 Å². The molecule has 0 saturated carbocycles. The van der Waals surface area contributed by atoms with E-state index in [4.69, 9.17) is 0 Å². The zero-order valence-electron chi connectivity index (χ0n) is 18.9. The van der Waals surface area contributed by atoms with E-state index in [0.717, 1.165) is 57.4 Å². The molecule has 4 heteroatoms. The van der Waals surface area contributed by atoms with Gasteiger partial charge < -0.3 is 9.89 Å². The SMILES string of the molecule is C=NCCC1=CCCN(CCCC2CCc3ccccc3Sc3ccc(C#N)cc32)CC1. The van der Waals surface area contributed by atoms with Crippen LogP contribution < -0.4 is 0 Å². The highest BCUT2D eigenvalue weighted by atomic mass is 32.2. The second-order valence-electron chi connectivity index (χ2n) is 8.89. The van der Waals surface area contributed by atoms with Crippen LogP contribution in [-0.2, 0) is 6.42 Å². The van der Waals surface area contributed by atoms with Gasteiger partial charge in [-0.2, -0.15) is 5.26 Å². The normalized spacial score (nSPS) is 18.8. The Bertz CT molecular complexity index is 1000. The summed E-state index contributed by atoms with van der Waals surface area (Å²) in [7, 11) is 0. The fraction of sp³-hybridized carbons (Fsp3) is 0.429. The van der Waals surface area contributed by atoms with Gasteiger partial charge in [0, 0.05) is 29.4 Å². The van der Waals surface area contributed by atoms with Crippen molar-refractivity contribution in [3.8, 4) is 6.07 Å². The van der Waals surface area contributed by atoms with E-state index in [2.05, 4.69) is 65.2 Å². The first-order valence-electron chi connectivity index (χ1n) is 11.9. The Hall–Kier alpha value is -2.35. The molecule has 0 aromatic heterocycles. The van der Waals surface area contributed by atoms with Crippen molar-refractivity contribution in [3.05, 3.63) is 70.8 Å². The summed E-state index contributed by atoms with van der Waals surface area (Å²) < 4.78 is 0. The zero-order valence-corrected chi connectivity index (χ0v) is 19.7. The third-order valence-electron chi connectivity index (χ3n) is 6.78. The predicted octanol–water partition coefficient (Wildman–Crippen LogP) is 6.63. The molecule has 166 valence electrons. The lowest BCUT2D eigenvalue weighted by Gasteiger charge is -2.26. The summed E-state index contributed by atoms with van der Waals surface area (Å²) in [5.74, 6) is 0.512. The number of nitrogens with zero attached hydrogens (tertiary/aromatic N) is 3. The fourth-order valence-electron chi connectivity index (χ4n) is 4.94. The maximum Gasteiger partial charge on any atom is 0.0991 e. The van der Waals surface area contributed by atoms with Crippen molar-refractivity contribution in [2.45, 2.75) is 60.7 Å². The molecular weight excluding hydrogens is 410 g/mol. The van der Waals surface area contributed by atoms with Gasteiger partial charge in [-0.05, 0) is 99.5 Å². The third kappa shape index (κ3) is 5.91. The van der Waals surface area contributed by atoms with Crippen molar-refractivity contribution in [3.63, 3.8) is 0 Å². The first kappa shape index (κ1) is 22.8. The summed E-state index contributed by atoms with van der Waals surface area (Å²) in [5, 5.41) is 9.48. The molecule has 0 N–H and O–H groups in total. The average molecular weight is 444 g/mol. The topological polar surface area (TPSA) is 39.4 Å². The number of aliphatic imine (C=N–C) groups is 1. The molecule has 4 rings (SSSR count). The van der Waals surface area contributed by atoms with E-state index in [1.54, 1.807) is 5.57 Å². The van der Waals surface area contributed by atoms with Crippen LogP contribution in [0, 0.1) is 11.3 Å². The maximum atomic E-state index is 9.48. The minimum absolute atomic E-state index is 0.512. The Balaban J connectivity index is 1.40. The van der Waals surface area contributed by atoms with Gasteiger partial charge in [-0.15, -0.1) is 0 Å². The van der Waals surface area contributed by atoms with Gasteiger partial charge in [-0.1, -0.05) is 41.6 Å². The van der Waals surface area contributed by atoms with E-state index in [0.29, 0.717) is 5.92 Å². The second-order valence-corrected chi connectivity index (χ2v) is 9.98. The molecule has 3 nitrogen and oxygen atoms in total. The molecule has 0 amide bonds. The lowest BCUT2D eigenvalue weighted by molar-refractivity contribution is 0.276. The smallest absolute Gasteiger partial charge is 0.0991 e. The summed E-state index contributed by atoms with van der Waals surface area (Å²) in [6, 6.07) is 17.4. The van der Waals surface area contributed by atoms with Crippen molar-refractivity contribution in [1.82, 2.24) is 4.90 Å². The third-order valence-corrected chi connectivity index (χ3v) is 7.99. The van der Waals surface area contributed by atoms with Crippen molar-refractivity contribution in [2.24, 2.45) is 4.99 Å². The molecule has 0 bridgehead atoms. The quantitative estimate of drug-likeness (QED) is 0.356. The van der Waals surface area contributed by atoms with E-state index >= 15 is 0 Å². The highest BCUT2D eigenvalue weighted by Gasteiger charge is 2.21. The van der Waals surface area contributed by atoms with Gasteiger partial charge in [0.2, 0.25) is 0 Å². The van der Waals surface area contributed by atoms with Crippen LogP contribution in [0.4, 0.5) is 0 Å². The highest BCUT2D eigenvalue weighted by Crippen LogP contribution is 2.42. The van der Waals surface area contributed by atoms with Crippen LogP contribution in [0.5, 0.6) is 0 Å². The maximum absolute atomic E-state index is 9.48. The highest BCUT2D eigenvalue weighted by molar-refractivity contribution is 7.99. The Morgan fingerprint density at radius 2 is 2.03 bits per heavy atom. The Morgan fingerprint density at radius 3 is 2.91 bits per heavy atom. The number of nitriles is 1. The number of fused-ring (bicyclic) bond motifs is 2. The second kappa shape index (κ2) is 11.5. The fourth-order valence-corrected chi connectivity index (χ4v) is 6.11. The van der Waals surface area contributed by atoms with Crippen LogP contribution in [0.25, 0.3) is 0 Å². The average Bonchev–Trinajstić information content (AvgIpc) is 3.05. The lowest BCUT2D eigenvalue weighted by Crippen LogP contribution is -2.26. The molecule has 0 aliphatic carbocycles. The van der Waals surface area contributed by atoms with Crippen LogP contribution >= 0.6 is 11.8 Å². The predicted molar refractivity (Wildman–Crippen MR) is 135 cm³/mol. The van der Waals surface area contributed by atoms with Crippen LogP contribution in [-0.4, -0.2) is 37.8 Å². The van der Waals surface area contributed by atoms with Gasteiger partial charge in [0.1, 0.15) is 0 Å². The van der Waals surface area contributed by atoms with E-state index < -0.39 is 0 Å². The Kier molecular flexibility index (Phi) is 8.20. The van der Waals surface area contributed by atoms with Crippen molar-refractivity contribution >= 4 is 18.5 Å². The van der Waals surface area contributed by atoms with Gasteiger partial charge in [-0.3, -0.25) is 0 Å². The van der Waals surface area contributed by atoms with Crippen LogP contribution in [0.15, 0.2) is 68.9 Å². The standard InChI is InChI=1S/C28H33N3S/c1-30-16-14-22-6-4-17-31(19-15-22)18-5-8-24-11-12-25-7-2-3-9-27(25)32-28-13-10-23(21-29)20-26(24)28/h2-3,6-7,9-10,13,20,24H,1,4-5,8,11-12,14-19H2. The molecule has 0 spiro atoms.